The summed E-state index contributed by atoms with van der Waals surface area (Å²) in [5.41, 5.74) is 10.8. The molecule has 0 unspecified atom stereocenters. The second-order valence-electron chi connectivity index (χ2n) is 13.3. The van der Waals surface area contributed by atoms with Crippen LogP contribution in [0.15, 0.2) is 194 Å². The van der Waals surface area contributed by atoms with Crippen molar-refractivity contribution in [1.29, 1.82) is 0 Å². The highest BCUT2D eigenvalue weighted by Crippen LogP contribution is 2.39. The molecule has 2 aromatic heterocycles. The third kappa shape index (κ3) is 5.54. The standard InChI is InChI=1S/C49H32N4/c1-3-13-33(14-4-1)39-19-11-20-41(32-39)53-44-23-10-9-21-42(44)46-43(22-12-24-45(46)53)49-51-47(36-16-5-2-6-17-36)50-48(52-49)37-28-25-35(26-29-37)40-30-27-34-15-7-8-18-38(34)31-40/h1-32H. The van der Waals surface area contributed by atoms with Crippen LogP contribution >= 0.6 is 0 Å². The van der Waals surface area contributed by atoms with Crippen molar-refractivity contribution in [2.45, 2.75) is 0 Å². The molecule has 248 valence electrons. The molecule has 4 heteroatoms. The molecule has 0 fully saturated rings. The van der Waals surface area contributed by atoms with Gasteiger partial charge in [-0.05, 0) is 63.4 Å². The number of hydrogen-bond donors (Lipinski definition) is 0. The Labute approximate surface area is 307 Å². The fraction of sp³-hybridized carbons (Fsp3) is 0. The molecule has 0 N–H and O–H groups in total. The topological polar surface area (TPSA) is 43.6 Å². The largest absolute Gasteiger partial charge is 0.309 e. The first kappa shape index (κ1) is 30.6. The third-order valence-corrected chi connectivity index (χ3v) is 10.0. The predicted octanol–water partition coefficient (Wildman–Crippen LogP) is 12.5. The molecule has 2 heterocycles. The van der Waals surface area contributed by atoms with Crippen LogP contribution in [0.1, 0.15) is 0 Å². The molecule has 0 aliphatic heterocycles. The normalized spacial score (nSPS) is 11.4. The number of aromatic nitrogens is 4. The SMILES string of the molecule is c1ccc(-c2cccc(-n3c4ccccc4c4c(-c5nc(-c6ccccc6)nc(-c6ccc(-c7ccc8ccccc8c7)cc6)n5)cccc43)c2)cc1. The number of nitrogens with zero attached hydrogens (tertiary/aromatic N) is 4. The van der Waals surface area contributed by atoms with Crippen LogP contribution < -0.4 is 0 Å². The fourth-order valence-corrected chi connectivity index (χ4v) is 7.46. The van der Waals surface area contributed by atoms with E-state index in [-0.39, 0.29) is 0 Å². The lowest BCUT2D eigenvalue weighted by Crippen LogP contribution is -2.00. The maximum Gasteiger partial charge on any atom is 0.164 e. The highest BCUT2D eigenvalue weighted by molar-refractivity contribution is 6.15. The molecule has 0 amide bonds. The van der Waals surface area contributed by atoms with Crippen LogP contribution in [-0.2, 0) is 0 Å². The van der Waals surface area contributed by atoms with Crippen molar-refractivity contribution >= 4 is 32.6 Å². The van der Waals surface area contributed by atoms with Crippen LogP contribution in [0.25, 0.3) is 94.7 Å². The van der Waals surface area contributed by atoms with E-state index in [1.54, 1.807) is 0 Å². The van der Waals surface area contributed by atoms with Gasteiger partial charge in [0.1, 0.15) is 0 Å². The highest BCUT2D eigenvalue weighted by Gasteiger charge is 2.20. The van der Waals surface area contributed by atoms with Gasteiger partial charge in [-0.25, -0.2) is 15.0 Å². The summed E-state index contributed by atoms with van der Waals surface area (Å²) in [5, 5.41) is 4.71. The lowest BCUT2D eigenvalue weighted by Gasteiger charge is -2.12. The summed E-state index contributed by atoms with van der Waals surface area (Å²) in [6, 6.07) is 68.1. The molecular formula is C49H32N4. The van der Waals surface area contributed by atoms with Gasteiger partial charge < -0.3 is 4.57 Å². The first-order chi connectivity index (χ1) is 26.3. The van der Waals surface area contributed by atoms with E-state index in [0.717, 1.165) is 49.7 Å². The average molecular weight is 677 g/mol. The molecular weight excluding hydrogens is 645 g/mol. The van der Waals surface area contributed by atoms with Crippen molar-refractivity contribution in [2.75, 3.05) is 0 Å². The Morgan fingerprint density at radius 3 is 1.64 bits per heavy atom. The zero-order valence-corrected chi connectivity index (χ0v) is 28.8. The fourth-order valence-electron chi connectivity index (χ4n) is 7.46. The smallest absolute Gasteiger partial charge is 0.164 e. The van der Waals surface area contributed by atoms with Gasteiger partial charge in [0.2, 0.25) is 0 Å². The molecule has 10 rings (SSSR count). The molecule has 0 aliphatic carbocycles. The van der Waals surface area contributed by atoms with Gasteiger partial charge in [-0.2, -0.15) is 0 Å². The van der Waals surface area contributed by atoms with Gasteiger partial charge in [0.05, 0.1) is 11.0 Å². The van der Waals surface area contributed by atoms with Crippen LogP contribution in [-0.4, -0.2) is 19.5 Å². The van der Waals surface area contributed by atoms with Crippen molar-refractivity contribution in [3.63, 3.8) is 0 Å². The Hall–Kier alpha value is -7.17. The summed E-state index contributed by atoms with van der Waals surface area (Å²) in [6.45, 7) is 0. The van der Waals surface area contributed by atoms with E-state index in [0.29, 0.717) is 17.5 Å². The lowest BCUT2D eigenvalue weighted by molar-refractivity contribution is 1.08. The second-order valence-corrected chi connectivity index (χ2v) is 13.3. The van der Waals surface area contributed by atoms with E-state index >= 15 is 0 Å². The number of benzene rings is 8. The van der Waals surface area contributed by atoms with E-state index in [1.165, 1.54) is 27.5 Å². The van der Waals surface area contributed by atoms with Gasteiger partial charge >= 0.3 is 0 Å². The maximum atomic E-state index is 5.20. The van der Waals surface area contributed by atoms with Crippen LogP contribution in [0.2, 0.25) is 0 Å². The van der Waals surface area contributed by atoms with Gasteiger partial charge in [0.25, 0.3) is 0 Å². The van der Waals surface area contributed by atoms with Gasteiger partial charge in [-0.1, -0.05) is 164 Å². The molecule has 53 heavy (non-hydrogen) atoms. The van der Waals surface area contributed by atoms with Crippen molar-refractivity contribution in [2.24, 2.45) is 0 Å². The predicted molar refractivity (Wildman–Crippen MR) is 219 cm³/mol. The first-order valence-electron chi connectivity index (χ1n) is 17.9. The molecule has 0 spiro atoms. The molecule has 10 aromatic rings. The van der Waals surface area contributed by atoms with Crippen LogP contribution in [0.4, 0.5) is 0 Å². The third-order valence-electron chi connectivity index (χ3n) is 10.0. The minimum atomic E-state index is 0.634. The van der Waals surface area contributed by atoms with E-state index < -0.39 is 0 Å². The summed E-state index contributed by atoms with van der Waals surface area (Å²) in [5.74, 6) is 1.91. The molecule has 0 bridgehead atoms. The molecule has 4 nitrogen and oxygen atoms in total. The second kappa shape index (κ2) is 12.9. The number of hydrogen-bond acceptors (Lipinski definition) is 3. The first-order valence-corrected chi connectivity index (χ1v) is 17.9. The number of rotatable bonds is 6. The Bertz CT molecular complexity index is 2930. The van der Waals surface area contributed by atoms with Gasteiger partial charge in [0, 0.05) is 33.2 Å². The quantitative estimate of drug-likeness (QED) is 0.176. The van der Waals surface area contributed by atoms with E-state index in [4.69, 9.17) is 15.0 Å². The minimum absolute atomic E-state index is 0.634. The summed E-state index contributed by atoms with van der Waals surface area (Å²) < 4.78 is 2.35. The number of fused-ring (bicyclic) bond motifs is 4. The van der Waals surface area contributed by atoms with E-state index in [1.807, 2.05) is 18.2 Å². The summed E-state index contributed by atoms with van der Waals surface area (Å²) in [4.78, 5) is 15.4. The average Bonchev–Trinajstić information content (AvgIpc) is 3.59. The lowest BCUT2D eigenvalue weighted by atomic mass is 10.00. The van der Waals surface area contributed by atoms with Crippen molar-refractivity contribution < 1.29 is 0 Å². The molecule has 0 saturated heterocycles. The molecule has 8 aromatic carbocycles. The van der Waals surface area contributed by atoms with E-state index in [2.05, 4.69) is 180 Å². The van der Waals surface area contributed by atoms with Crippen LogP contribution in [0.3, 0.4) is 0 Å². The summed E-state index contributed by atoms with van der Waals surface area (Å²) >= 11 is 0. The highest BCUT2D eigenvalue weighted by atomic mass is 15.0. The Morgan fingerprint density at radius 1 is 0.321 bits per heavy atom. The minimum Gasteiger partial charge on any atom is -0.309 e. The van der Waals surface area contributed by atoms with Gasteiger partial charge in [-0.3, -0.25) is 0 Å². The Morgan fingerprint density at radius 2 is 0.849 bits per heavy atom. The van der Waals surface area contributed by atoms with Crippen molar-refractivity contribution in [1.82, 2.24) is 19.5 Å². The molecule has 0 atom stereocenters. The van der Waals surface area contributed by atoms with Gasteiger partial charge in [0.15, 0.2) is 17.5 Å². The summed E-state index contributed by atoms with van der Waals surface area (Å²) in [6.07, 6.45) is 0. The van der Waals surface area contributed by atoms with Gasteiger partial charge in [-0.15, -0.1) is 0 Å². The molecule has 0 aliphatic rings. The van der Waals surface area contributed by atoms with Crippen molar-refractivity contribution in [3.8, 4) is 62.1 Å². The zero-order valence-electron chi connectivity index (χ0n) is 28.8. The monoisotopic (exact) mass is 676 g/mol. The Balaban J connectivity index is 1.14. The van der Waals surface area contributed by atoms with Crippen molar-refractivity contribution in [3.05, 3.63) is 194 Å². The van der Waals surface area contributed by atoms with Crippen LogP contribution in [0, 0.1) is 0 Å². The summed E-state index contributed by atoms with van der Waals surface area (Å²) in [7, 11) is 0. The molecule has 0 radical (unpaired) electrons. The molecule has 0 saturated carbocycles. The van der Waals surface area contributed by atoms with E-state index in [9.17, 15) is 0 Å². The zero-order chi connectivity index (χ0) is 35.1. The number of para-hydroxylation sites is 1. The maximum absolute atomic E-state index is 5.20. The Kier molecular flexibility index (Phi) is 7.43. The van der Waals surface area contributed by atoms with Crippen LogP contribution in [0.5, 0.6) is 0 Å².